The fraction of sp³-hybridized carbons (Fsp3) is 0. The predicted octanol–water partition coefficient (Wildman–Crippen LogP) is 3.62. The zero-order valence-electron chi connectivity index (χ0n) is 15.1. The molecule has 9 nitrogen and oxygen atoms in total. The van der Waals surface area contributed by atoms with Crippen molar-refractivity contribution >= 4 is 43.7 Å². The molecule has 0 aliphatic rings. The summed E-state index contributed by atoms with van der Waals surface area (Å²) in [5, 5.41) is 12.2. The molecule has 0 saturated heterocycles. The molecule has 5 aromatic rings. The van der Waals surface area contributed by atoms with E-state index in [1.807, 2.05) is 0 Å². The summed E-state index contributed by atoms with van der Waals surface area (Å²) in [6, 6.07) is 16.8. The van der Waals surface area contributed by atoms with E-state index in [1.54, 1.807) is 48.5 Å². The van der Waals surface area contributed by atoms with Crippen molar-refractivity contribution < 1.29 is 4.92 Å². The molecule has 148 valence electrons. The molecule has 0 saturated carbocycles. The van der Waals surface area contributed by atoms with Crippen LogP contribution in [0.3, 0.4) is 0 Å². The summed E-state index contributed by atoms with van der Waals surface area (Å²) in [5.41, 5.74) is 0.751. The Labute approximate surface area is 175 Å². The lowest BCUT2D eigenvalue weighted by Crippen LogP contribution is -2.20. The third-order valence-corrected chi connectivity index (χ3v) is 5.34. The van der Waals surface area contributed by atoms with E-state index >= 15 is 0 Å². The van der Waals surface area contributed by atoms with Crippen LogP contribution in [0.1, 0.15) is 0 Å². The van der Waals surface area contributed by atoms with Gasteiger partial charge in [0.25, 0.3) is 0 Å². The van der Waals surface area contributed by atoms with E-state index in [9.17, 15) is 19.7 Å². The molecule has 2 N–H and O–H groups in total. The molecule has 3 aromatic carbocycles. The van der Waals surface area contributed by atoms with Crippen LogP contribution in [0.15, 0.2) is 74.7 Å². The van der Waals surface area contributed by atoms with Crippen molar-refractivity contribution in [3.63, 3.8) is 0 Å². The maximum absolute atomic E-state index is 12.7. The van der Waals surface area contributed by atoms with E-state index in [1.165, 1.54) is 21.3 Å². The number of imidazole rings is 2. The number of H-pyrrole nitrogens is 2. The minimum atomic E-state index is -0.584. The number of para-hydroxylation sites is 4. The summed E-state index contributed by atoms with van der Waals surface area (Å²) < 4.78 is 2.95. The highest BCUT2D eigenvalue weighted by Gasteiger charge is 2.27. The zero-order chi connectivity index (χ0) is 21.0. The summed E-state index contributed by atoms with van der Waals surface area (Å²) in [6.45, 7) is 0. The van der Waals surface area contributed by atoms with E-state index < -0.39 is 16.3 Å². The molecule has 0 aliphatic carbocycles. The molecule has 5 rings (SSSR count). The Hall–Kier alpha value is -3.92. The largest absolute Gasteiger partial charge is 0.331 e. The van der Waals surface area contributed by atoms with E-state index in [0.717, 1.165) is 0 Å². The summed E-state index contributed by atoms with van der Waals surface area (Å²) in [6.07, 6.45) is 0. The first kappa shape index (κ1) is 18.1. The van der Waals surface area contributed by atoms with Gasteiger partial charge in [-0.1, -0.05) is 40.2 Å². The lowest BCUT2D eigenvalue weighted by atomic mass is 10.2. The number of aromatic amines is 2. The molecular weight excluding hydrogens is 454 g/mol. The first-order valence-electron chi connectivity index (χ1n) is 8.84. The Kier molecular flexibility index (Phi) is 3.97. The van der Waals surface area contributed by atoms with Gasteiger partial charge in [-0.2, -0.15) is 0 Å². The lowest BCUT2D eigenvalue weighted by molar-refractivity contribution is -0.384. The SMILES string of the molecule is O=c1[nH]c2ccccc2n1-c1cc(Br)cc(-n2c(=O)[nH]c3ccccc32)c1[N+](=O)[O-]. The van der Waals surface area contributed by atoms with E-state index in [2.05, 4.69) is 25.9 Å². The Morgan fingerprint density at radius 3 is 1.67 bits per heavy atom. The quantitative estimate of drug-likeness (QED) is 0.312. The van der Waals surface area contributed by atoms with Gasteiger partial charge in [0.2, 0.25) is 0 Å². The van der Waals surface area contributed by atoms with Gasteiger partial charge < -0.3 is 9.97 Å². The molecule has 0 spiro atoms. The molecule has 0 atom stereocenters. The Bertz CT molecular complexity index is 1480. The molecule has 2 aromatic heterocycles. The van der Waals surface area contributed by atoms with E-state index in [4.69, 9.17) is 0 Å². The van der Waals surface area contributed by atoms with E-state index in [-0.39, 0.29) is 17.1 Å². The van der Waals surface area contributed by atoms with Gasteiger partial charge >= 0.3 is 17.1 Å². The summed E-state index contributed by atoms with van der Waals surface area (Å²) in [5.74, 6) is 0. The molecule has 0 radical (unpaired) electrons. The first-order valence-corrected chi connectivity index (χ1v) is 9.63. The number of hydrogen-bond acceptors (Lipinski definition) is 4. The second-order valence-corrected chi connectivity index (χ2v) is 7.53. The molecule has 0 fully saturated rings. The van der Waals surface area contributed by atoms with Gasteiger partial charge in [-0.15, -0.1) is 0 Å². The molecule has 30 heavy (non-hydrogen) atoms. The standard InChI is InChI=1S/C20H12BrN5O4/c21-11-9-16(24-14-7-3-1-5-12(14)22-19(24)27)18(26(29)30)17(10-11)25-15-8-4-2-6-13(15)23-20(25)28/h1-10H,(H,22,27)(H,23,28). The number of aromatic nitrogens is 4. The van der Waals surface area contributed by atoms with Crippen molar-refractivity contribution in [2.45, 2.75) is 0 Å². The molecule has 0 aliphatic heterocycles. The molecule has 0 amide bonds. The number of halogens is 1. The number of rotatable bonds is 3. The normalized spacial score (nSPS) is 11.4. The van der Waals surface area contributed by atoms with Gasteiger partial charge in [-0.3, -0.25) is 19.2 Å². The third-order valence-electron chi connectivity index (χ3n) is 4.88. The number of benzene rings is 3. The van der Waals surface area contributed by atoms with Crippen LogP contribution in [0.5, 0.6) is 0 Å². The smallest absolute Gasteiger partial charge is 0.305 e. The fourth-order valence-electron chi connectivity index (χ4n) is 3.69. The van der Waals surface area contributed by atoms with Crippen molar-refractivity contribution in [2.75, 3.05) is 0 Å². The second-order valence-electron chi connectivity index (χ2n) is 6.62. The van der Waals surface area contributed by atoms with Gasteiger partial charge in [0, 0.05) is 4.47 Å². The molecular formula is C20H12BrN5O4. The lowest BCUT2D eigenvalue weighted by Gasteiger charge is -2.11. The highest BCUT2D eigenvalue weighted by atomic mass is 79.9. The molecule has 0 bridgehead atoms. The van der Waals surface area contributed by atoms with Crippen LogP contribution in [0.2, 0.25) is 0 Å². The van der Waals surface area contributed by atoms with Crippen LogP contribution in [-0.2, 0) is 0 Å². The maximum Gasteiger partial charge on any atom is 0.331 e. The Balaban J connectivity index is 1.94. The van der Waals surface area contributed by atoms with Crippen molar-refractivity contribution in [3.8, 4) is 11.4 Å². The van der Waals surface area contributed by atoms with Crippen molar-refractivity contribution in [3.05, 3.63) is 96.2 Å². The average molecular weight is 466 g/mol. The van der Waals surface area contributed by atoms with Crippen LogP contribution < -0.4 is 11.4 Å². The number of fused-ring (bicyclic) bond motifs is 2. The molecule has 0 unspecified atom stereocenters. The van der Waals surface area contributed by atoms with Gasteiger partial charge in [-0.25, -0.2) is 9.59 Å². The number of nitro groups is 1. The third kappa shape index (κ3) is 2.61. The van der Waals surface area contributed by atoms with Gasteiger partial charge in [0.15, 0.2) is 0 Å². The number of nitrogens with zero attached hydrogens (tertiary/aromatic N) is 3. The minimum absolute atomic E-state index is 0.0454. The van der Waals surface area contributed by atoms with Crippen LogP contribution >= 0.6 is 15.9 Å². The first-order chi connectivity index (χ1) is 14.5. The summed E-state index contributed by atoms with van der Waals surface area (Å²) in [7, 11) is 0. The maximum atomic E-state index is 12.7. The Morgan fingerprint density at radius 1 is 0.800 bits per heavy atom. The van der Waals surface area contributed by atoms with Crippen LogP contribution in [-0.4, -0.2) is 24.0 Å². The number of nitro benzene ring substituents is 1. The minimum Gasteiger partial charge on any atom is -0.305 e. The van der Waals surface area contributed by atoms with Gasteiger partial charge in [0.05, 0.1) is 27.0 Å². The van der Waals surface area contributed by atoms with E-state index in [0.29, 0.717) is 26.5 Å². The molecule has 2 heterocycles. The highest BCUT2D eigenvalue weighted by molar-refractivity contribution is 9.10. The highest BCUT2D eigenvalue weighted by Crippen LogP contribution is 2.35. The fourth-order valence-corrected chi connectivity index (χ4v) is 4.12. The predicted molar refractivity (Wildman–Crippen MR) is 116 cm³/mol. The summed E-state index contributed by atoms with van der Waals surface area (Å²) >= 11 is 3.37. The average Bonchev–Trinajstić information content (AvgIpc) is 3.21. The topological polar surface area (TPSA) is 119 Å². The van der Waals surface area contributed by atoms with Crippen molar-refractivity contribution in [1.29, 1.82) is 0 Å². The Morgan fingerprint density at radius 2 is 1.23 bits per heavy atom. The van der Waals surface area contributed by atoms with Gasteiger partial charge in [-0.05, 0) is 36.4 Å². The van der Waals surface area contributed by atoms with Crippen LogP contribution in [0.4, 0.5) is 5.69 Å². The van der Waals surface area contributed by atoms with Crippen molar-refractivity contribution in [2.24, 2.45) is 0 Å². The summed E-state index contributed by atoms with van der Waals surface area (Å²) in [4.78, 5) is 42.4. The number of nitrogens with one attached hydrogen (secondary N) is 2. The van der Waals surface area contributed by atoms with Crippen LogP contribution in [0.25, 0.3) is 33.4 Å². The zero-order valence-corrected chi connectivity index (χ0v) is 16.7. The van der Waals surface area contributed by atoms with Gasteiger partial charge in [0.1, 0.15) is 11.4 Å². The second kappa shape index (κ2) is 6.56. The monoisotopic (exact) mass is 465 g/mol. The van der Waals surface area contributed by atoms with Crippen molar-refractivity contribution in [1.82, 2.24) is 19.1 Å². The molecule has 10 heteroatoms. The van der Waals surface area contributed by atoms with Crippen LogP contribution in [0, 0.1) is 10.1 Å². The number of hydrogen-bond donors (Lipinski definition) is 2.